The first-order chi connectivity index (χ1) is 22.1. The van der Waals surface area contributed by atoms with Gasteiger partial charge >= 0.3 is 5.97 Å². The van der Waals surface area contributed by atoms with Crippen LogP contribution in [-0.4, -0.2) is 219 Å². The van der Waals surface area contributed by atoms with Crippen molar-refractivity contribution in [2.45, 2.75) is 88.5 Å². The van der Waals surface area contributed by atoms with Crippen LogP contribution in [0.25, 0.3) is 0 Å². The summed E-state index contributed by atoms with van der Waals surface area (Å²) in [5, 5.41) is 152. The Morgan fingerprint density at radius 2 is 0.532 bits per heavy atom. The van der Waals surface area contributed by atoms with Crippen molar-refractivity contribution in [1.82, 2.24) is 0 Å². The zero-order chi connectivity index (χ0) is 38.5. The molecule has 20 heteroatoms. The number of hydrogen-bond donors (Lipinski definition) is 19. The van der Waals surface area contributed by atoms with Crippen molar-refractivity contribution in [3.63, 3.8) is 0 Å². The number of carboxylic acids is 1. The van der Waals surface area contributed by atoms with Crippen molar-refractivity contribution in [3.8, 4) is 0 Å². The van der Waals surface area contributed by atoms with Gasteiger partial charge in [-0.1, -0.05) is 39.0 Å². The molecule has 0 fully saturated rings. The number of aliphatic hydroxyl groups excluding tert-OH is 18. The molecule has 294 valence electrons. The van der Waals surface area contributed by atoms with Crippen molar-refractivity contribution in [2.24, 2.45) is 0 Å². The summed E-state index contributed by atoms with van der Waals surface area (Å²) in [6.45, 7) is -2.20. The molecule has 0 saturated carbocycles. The van der Waals surface area contributed by atoms with Gasteiger partial charge in [0.25, 0.3) is 0 Å². The lowest BCUT2D eigenvalue weighted by molar-refractivity contribution is -0.137. The van der Waals surface area contributed by atoms with Crippen LogP contribution in [0.2, 0.25) is 0 Å². The largest absolute Gasteiger partial charge is 0.481 e. The topological polar surface area (TPSA) is 401 Å². The Hall–Kier alpha value is -1.25. The highest BCUT2D eigenvalue weighted by Gasteiger charge is 1.97. The number of unbranched alkanes of at least 4 members (excludes halogenated alkanes) is 5. The number of rotatable bonds is 19. The fraction of sp³-hybridized carbons (Fsp3) is 0.963. The highest BCUT2D eigenvalue weighted by molar-refractivity contribution is 5.66. The van der Waals surface area contributed by atoms with Crippen LogP contribution in [0.1, 0.15) is 51.9 Å². The van der Waals surface area contributed by atoms with Crippen molar-refractivity contribution in [3.05, 3.63) is 0 Å². The predicted molar refractivity (Wildman–Crippen MR) is 167 cm³/mol. The second kappa shape index (κ2) is 57.0. The summed E-state index contributed by atoms with van der Waals surface area (Å²) >= 11 is 0. The molecule has 0 amide bonds. The molecule has 0 spiro atoms. The van der Waals surface area contributed by atoms with Gasteiger partial charge in [-0.3, -0.25) is 4.79 Å². The molecule has 0 aromatic carbocycles. The first kappa shape index (κ1) is 61.0. The lowest BCUT2D eigenvalue weighted by Gasteiger charge is -1.97. The zero-order valence-electron chi connectivity index (χ0n) is 27.3. The molecule has 47 heavy (non-hydrogen) atoms. The highest BCUT2D eigenvalue weighted by atomic mass is 16.4. The van der Waals surface area contributed by atoms with Crippen LogP contribution in [0, 0.1) is 0 Å². The molecular formula is C27H66O20. The molecule has 0 heterocycles. The maximum absolute atomic E-state index is 10.1. The van der Waals surface area contributed by atoms with Crippen LogP contribution < -0.4 is 0 Å². The number of hydrogen-bond acceptors (Lipinski definition) is 19. The molecule has 19 N–H and O–H groups in total. The minimum Gasteiger partial charge on any atom is -0.481 e. The normalized spacial score (nSPS) is 9.98. The molecular weight excluding hydrogens is 644 g/mol. The summed E-state index contributed by atoms with van der Waals surface area (Å²) in [4.78, 5) is 10.1. The molecule has 0 rings (SSSR count). The minimum atomic E-state index is -0.954. The van der Waals surface area contributed by atoms with E-state index in [2.05, 4.69) is 6.92 Å². The van der Waals surface area contributed by atoms with Gasteiger partial charge in [0.05, 0.1) is 79.3 Å². The van der Waals surface area contributed by atoms with E-state index in [1.165, 1.54) is 25.7 Å². The molecule has 0 radical (unpaired) electrons. The van der Waals surface area contributed by atoms with Crippen LogP contribution in [0.5, 0.6) is 0 Å². The second-order valence-corrected chi connectivity index (χ2v) is 9.03. The maximum Gasteiger partial charge on any atom is 0.303 e. The smallest absolute Gasteiger partial charge is 0.303 e. The van der Waals surface area contributed by atoms with E-state index in [4.69, 9.17) is 97.0 Å². The van der Waals surface area contributed by atoms with Crippen LogP contribution in [0.4, 0.5) is 0 Å². The SMILES string of the molecule is CCCCCCCCC(=O)O.OCC(O)CO.OCC(O)CO.OCC(O)CO.OCC(O)CO.OCC(O)CO.OCC(O)CO. The summed E-state index contributed by atoms with van der Waals surface area (Å²) < 4.78 is 0. The average Bonchev–Trinajstić information content (AvgIpc) is 3.12. The molecule has 0 unspecified atom stereocenters. The van der Waals surface area contributed by atoms with E-state index in [1.54, 1.807) is 0 Å². The molecule has 0 aliphatic heterocycles. The first-order valence-electron chi connectivity index (χ1n) is 14.7. The van der Waals surface area contributed by atoms with E-state index in [9.17, 15) is 4.79 Å². The standard InChI is InChI=1S/C9H18O2.6C3H8O3/c1-2-3-4-5-6-7-8-9(10)11;6*4-1-3(6)2-5/h2-8H2,1H3,(H,10,11);6*3-6H,1-2H2. The first-order valence-corrected chi connectivity index (χ1v) is 14.7. The van der Waals surface area contributed by atoms with Gasteiger partial charge in [-0.2, -0.15) is 0 Å². The Balaban J connectivity index is -0.0000000808. The van der Waals surface area contributed by atoms with Crippen LogP contribution in [-0.2, 0) is 4.79 Å². The van der Waals surface area contributed by atoms with E-state index in [-0.39, 0.29) is 79.3 Å². The fourth-order valence-corrected chi connectivity index (χ4v) is 1.40. The van der Waals surface area contributed by atoms with Gasteiger partial charge in [-0.25, -0.2) is 0 Å². The molecule has 0 saturated heterocycles. The highest BCUT2D eigenvalue weighted by Crippen LogP contribution is 2.06. The molecule has 0 aliphatic rings. The maximum atomic E-state index is 10.1. The number of aliphatic carboxylic acids is 1. The summed E-state index contributed by atoms with van der Waals surface area (Å²) in [5.41, 5.74) is 0. The van der Waals surface area contributed by atoms with Crippen LogP contribution in [0.15, 0.2) is 0 Å². The van der Waals surface area contributed by atoms with Gasteiger partial charge in [-0.15, -0.1) is 0 Å². The van der Waals surface area contributed by atoms with Gasteiger partial charge in [-0.05, 0) is 6.42 Å². The second-order valence-electron chi connectivity index (χ2n) is 9.03. The molecule has 20 nitrogen and oxygen atoms in total. The molecule has 0 aliphatic carbocycles. The van der Waals surface area contributed by atoms with Gasteiger partial charge in [0.2, 0.25) is 0 Å². The van der Waals surface area contributed by atoms with E-state index in [0.717, 1.165) is 12.8 Å². The minimum absolute atomic E-state index is 0.339. The number of carboxylic acid groups (broad SMARTS) is 1. The third-order valence-electron chi connectivity index (χ3n) is 4.27. The third-order valence-corrected chi connectivity index (χ3v) is 4.27. The van der Waals surface area contributed by atoms with Gasteiger partial charge in [0.1, 0.15) is 36.6 Å². The Morgan fingerprint density at radius 3 is 0.660 bits per heavy atom. The summed E-state index contributed by atoms with van der Waals surface area (Å²) in [6, 6.07) is 0. The van der Waals surface area contributed by atoms with E-state index in [0.29, 0.717) is 6.42 Å². The lowest BCUT2D eigenvalue weighted by atomic mass is 10.1. The Bertz CT molecular complexity index is 407. The summed E-state index contributed by atoms with van der Waals surface area (Å²) in [7, 11) is 0. The quantitative estimate of drug-likeness (QED) is 0.0553. The Morgan fingerprint density at radius 1 is 0.362 bits per heavy atom. The molecule has 0 aromatic heterocycles. The van der Waals surface area contributed by atoms with Crippen molar-refractivity contribution in [1.29, 1.82) is 0 Å². The lowest BCUT2D eigenvalue weighted by Crippen LogP contribution is -2.15. The fourth-order valence-electron chi connectivity index (χ4n) is 1.40. The molecule has 0 bridgehead atoms. The molecule has 0 aromatic rings. The predicted octanol–water partition coefficient (Wildman–Crippen LogP) is -7.19. The summed E-state index contributed by atoms with van der Waals surface area (Å²) in [5.74, 6) is -0.666. The summed E-state index contributed by atoms with van der Waals surface area (Å²) in [6.07, 6.45) is 1.53. The monoisotopic (exact) mass is 710 g/mol. The third kappa shape index (κ3) is 86.5. The average molecular weight is 711 g/mol. The Labute approximate surface area is 276 Å². The van der Waals surface area contributed by atoms with Gasteiger partial charge < -0.3 is 97.0 Å². The number of aliphatic hydroxyl groups is 18. The number of carbonyl (C=O) groups is 1. The van der Waals surface area contributed by atoms with E-state index >= 15 is 0 Å². The zero-order valence-corrected chi connectivity index (χ0v) is 27.3. The van der Waals surface area contributed by atoms with Gasteiger partial charge in [0.15, 0.2) is 0 Å². The Kier molecular flexibility index (Phi) is 74.1. The van der Waals surface area contributed by atoms with E-state index in [1.807, 2.05) is 0 Å². The van der Waals surface area contributed by atoms with E-state index < -0.39 is 42.6 Å². The van der Waals surface area contributed by atoms with Crippen LogP contribution >= 0.6 is 0 Å². The molecule has 0 atom stereocenters. The van der Waals surface area contributed by atoms with Crippen LogP contribution in [0.3, 0.4) is 0 Å². The van der Waals surface area contributed by atoms with Crippen molar-refractivity contribution in [2.75, 3.05) is 79.3 Å². The van der Waals surface area contributed by atoms with Gasteiger partial charge in [0, 0.05) is 6.42 Å². The van der Waals surface area contributed by atoms with Crippen molar-refractivity contribution < 1.29 is 102 Å². The van der Waals surface area contributed by atoms with Crippen molar-refractivity contribution >= 4 is 5.97 Å².